The van der Waals surface area contributed by atoms with Crippen LogP contribution in [0.1, 0.15) is 23.2 Å². The molecule has 142 valence electrons. The van der Waals surface area contributed by atoms with E-state index in [9.17, 15) is 9.59 Å². The van der Waals surface area contributed by atoms with Gasteiger partial charge >= 0.3 is 5.97 Å². The molecule has 3 rings (SSSR count). The highest BCUT2D eigenvalue weighted by Gasteiger charge is 2.25. The summed E-state index contributed by atoms with van der Waals surface area (Å²) in [5.74, 6) is -0.147. The predicted molar refractivity (Wildman–Crippen MR) is 101 cm³/mol. The first kappa shape index (κ1) is 19.0. The maximum Gasteiger partial charge on any atom is 0.341 e. The van der Waals surface area contributed by atoms with Crippen LogP contribution in [0.15, 0.2) is 48.5 Å². The van der Waals surface area contributed by atoms with Crippen molar-refractivity contribution in [2.75, 3.05) is 19.7 Å². The largest absolute Gasteiger partial charge is 0.489 e. The number of benzene rings is 2. The van der Waals surface area contributed by atoms with Crippen molar-refractivity contribution in [3.05, 3.63) is 59.1 Å². The number of ether oxygens (including phenoxy) is 2. The molecule has 1 N–H and O–H groups in total. The van der Waals surface area contributed by atoms with E-state index in [1.165, 1.54) is 0 Å². The SMILES string of the molecule is O=C(O)COc1cccc(C(=O)N2CCC(Oc3ccccc3Cl)CC2)c1. The van der Waals surface area contributed by atoms with E-state index in [0.717, 1.165) is 0 Å². The quantitative estimate of drug-likeness (QED) is 0.818. The van der Waals surface area contributed by atoms with E-state index in [4.69, 9.17) is 26.2 Å². The highest BCUT2D eigenvalue weighted by Crippen LogP contribution is 2.27. The van der Waals surface area contributed by atoms with Crippen molar-refractivity contribution in [1.82, 2.24) is 4.90 Å². The Bertz CT molecular complexity index is 818. The first-order valence-corrected chi connectivity index (χ1v) is 9.06. The third-order valence-corrected chi connectivity index (χ3v) is 4.62. The van der Waals surface area contributed by atoms with Gasteiger partial charge in [0.05, 0.1) is 5.02 Å². The summed E-state index contributed by atoms with van der Waals surface area (Å²) < 4.78 is 11.1. The summed E-state index contributed by atoms with van der Waals surface area (Å²) in [6.45, 7) is 0.713. The van der Waals surface area contributed by atoms with Crippen molar-refractivity contribution in [2.45, 2.75) is 18.9 Å². The Labute approximate surface area is 162 Å². The van der Waals surface area contributed by atoms with Gasteiger partial charge in [0, 0.05) is 31.5 Å². The van der Waals surface area contributed by atoms with E-state index in [-0.39, 0.29) is 12.0 Å². The van der Waals surface area contributed by atoms with Gasteiger partial charge in [-0.1, -0.05) is 29.8 Å². The van der Waals surface area contributed by atoms with Crippen LogP contribution in [-0.2, 0) is 4.79 Å². The summed E-state index contributed by atoms with van der Waals surface area (Å²) in [5.41, 5.74) is 0.475. The second-order valence-corrected chi connectivity index (χ2v) is 6.66. The predicted octanol–water partition coefficient (Wildman–Crippen LogP) is 3.49. The number of para-hydroxylation sites is 1. The van der Waals surface area contributed by atoms with Gasteiger partial charge in [-0.3, -0.25) is 4.79 Å². The molecular formula is C20H20ClNO5. The summed E-state index contributed by atoms with van der Waals surface area (Å²) in [4.78, 5) is 25.1. The fourth-order valence-corrected chi connectivity index (χ4v) is 3.12. The molecule has 1 fully saturated rings. The standard InChI is InChI=1S/C20H20ClNO5/c21-17-6-1-2-7-18(17)27-15-8-10-22(11-9-15)20(25)14-4-3-5-16(12-14)26-13-19(23)24/h1-7,12,15H,8-11,13H2,(H,23,24). The van der Waals surface area contributed by atoms with Crippen molar-refractivity contribution < 1.29 is 24.2 Å². The van der Waals surface area contributed by atoms with Crippen LogP contribution >= 0.6 is 11.6 Å². The van der Waals surface area contributed by atoms with Crippen molar-refractivity contribution in [3.63, 3.8) is 0 Å². The monoisotopic (exact) mass is 389 g/mol. The van der Waals surface area contributed by atoms with E-state index in [1.807, 2.05) is 18.2 Å². The fourth-order valence-electron chi connectivity index (χ4n) is 2.94. The summed E-state index contributed by atoms with van der Waals surface area (Å²) >= 11 is 6.12. The van der Waals surface area contributed by atoms with Gasteiger partial charge in [-0.25, -0.2) is 4.79 Å². The van der Waals surface area contributed by atoms with Crippen LogP contribution in [-0.4, -0.2) is 47.7 Å². The molecule has 1 saturated heterocycles. The summed E-state index contributed by atoms with van der Waals surface area (Å²) in [6.07, 6.45) is 1.44. The maximum absolute atomic E-state index is 12.7. The normalized spacial score (nSPS) is 14.6. The van der Waals surface area contributed by atoms with Crippen LogP contribution in [0.2, 0.25) is 5.02 Å². The number of hydrogen-bond acceptors (Lipinski definition) is 4. The minimum absolute atomic E-state index is 0.0131. The lowest BCUT2D eigenvalue weighted by Crippen LogP contribution is -2.41. The Morgan fingerprint density at radius 2 is 1.85 bits per heavy atom. The van der Waals surface area contributed by atoms with Gasteiger partial charge in [-0.2, -0.15) is 0 Å². The summed E-state index contributed by atoms with van der Waals surface area (Å²) in [6, 6.07) is 13.9. The Morgan fingerprint density at radius 1 is 1.11 bits per heavy atom. The van der Waals surface area contributed by atoms with E-state index < -0.39 is 12.6 Å². The molecule has 1 aliphatic rings. The lowest BCUT2D eigenvalue weighted by atomic mass is 10.1. The average molecular weight is 390 g/mol. The first-order valence-electron chi connectivity index (χ1n) is 8.68. The van der Waals surface area contributed by atoms with Gasteiger partial charge in [-0.15, -0.1) is 0 Å². The van der Waals surface area contributed by atoms with E-state index in [0.29, 0.717) is 48.0 Å². The van der Waals surface area contributed by atoms with Crippen molar-refractivity contribution in [1.29, 1.82) is 0 Å². The molecule has 0 radical (unpaired) electrons. The molecular weight excluding hydrogens is 370 g/mol. The molecule has 27 heavy (non-hydrogen) atoms. The minimum Gasteiger partial charge on any atom is -0.489 e. The molecule has 0 bridgehead atoms. The maximum atomic E-state index is 12.7. The Kier molecular flexibility index (Phi) is 6.19. The number of likely N-dealkylation sites (tertiary alicyclic amines) is 1. The number of carboxylic acid groups (broad SMARTS) is 1. The zero-order valence-electron chi connectivity index (χ0n) is 14.6. The fraction of sp³-hybridized carbons (Fsp3) is 0.300. The molecule has 0 aliphatic carbocycles. The molecule has 1 heterocycles. The molecule has 6 nitrogen and oxygen atoms in total. The van der Waals surface area contributed by atoms with Crippen molar-refractivity contribution in [3.8, 4) is 11.5 Å². The zero-order valence-corrected chi connectivity index (χ0v) is 15.4. The zero-order chi connectivity index (χ0) is 19.2. The molecule has 0 spiro atoms. The van der Waals surface area contributed by atoms with Crippen LogP contribution in [0.4, 0.5) is 0 Å². The van der Waals surface area contributed by atoms with Crippen molar-refractivity contribution >= 4 is 23.5 Å². The van der Waals surface area contributed by atoms with E-state index in [2.05, 4.69) is 0 Å². The van der Waals surface area contributed by atoms with E-state index in [1.54, 1.807) is 35.2 Å². The molecule has 0 atom stereocenters. The second-order valence-electron chi connectivity index (χ2n) is 6.25. The molecule has 7 heteroatoms. The molecule has 2 aromatic rings. The van der Waals surface area contributed by atoms with Gasteiger partial charge in [0.25, 0.3) is 5.91 Å². The third-order valence-electron chi connectivity index (χ3n) is 4.30. The highest BCUT2D eigenvalue weighted by atomic mass is 35.5. The molecule has 0 unspecified atom stereocenters. The summed E-state index contributed by atoms with van der Waals surface area (Å²) in [7, 11) is 0. The smallest absolute Gasteiger partial charge is 0.341 e. The number of halogens is 1. The third kappa shape index (κ3) is 5.14. The molecule has 2 aromatic carbocycles. The number of carboxylic acids is 1. The van der Waals surface area contributed by atoms with Gasteiger partial charge in [-0.05, 0) is 30.3 Å². The number of carbonyl (C=O) groups is 2. The van der Waals surface area contributed by atoms with Crippen molar-refractivity contribution in [2.24, 2.45) is 0 Å². The second kappa shape index (κ2) is 8.77. The van der Waals surface area contributed by atoms with Crippen LogP contribution < -0.4 is 9.47 Å². The van der Waals surface area contributed by atoms with Gasteiger partial charge in [0.2, 0.25) is 0 Å². The number of aliphatic carboxylic acids is 1. The van der Waals surface area contributed by atoms with Crippen LogP contribution in [0.5, 0.6) is 11.5 Å². The molecule has 1 aliphatic heterocycles. The van der Waals surface area contributed by atoms with Gasteiger partial charge in [0.1, 0.15) is 17.6 Å². The number of amides is 1. The van der Waals surface area contributed by atoms with Crippen LogP contribution in [0.25, 0.3) is 0 Å². The van der Waals surface area contributed by atoms with Crippen LogP contribution in [0, 0.1) is 0 Å². The lowest BCUT2D eigenvalue weighted by Gasteiger charge is -2.32. The number of nitrogens with zero attached hydrogens (tertiary/aromatic N) is 1. The van der Waals surface area contributed by atoms with Gasteiger partial charge < -0.3 is 19.5 Å². The average Bonchev–Trinajstić information content (AvgIpc) is 2.68. The number of carbonyl (C=O) groups excluding carboxylic acids is 1. The molecule has 1 amide bonds. The number of hydrogen-bond donors (Lipinski definition) is 1. The Hall–Kier alpha value is -2.73. The lowest BCUT2D eigenvalue weighted by molar-refractivity contribution is -0.139. The number of piperidine rings is 1. The minimum atomic E-state index is -1.06. The number of rotatable bonds is 6. The Morgan fingerprint density at radius 3 is 2.56 bits per heavy atom. The Balaban J connectivity index is 1.56. The van der Waals surface area contributed by atoms with Gasteiger partial charge in [0.15, 0.2) is 6.61 Å². The molecule has 0 aromatic heterocycles. The van der Waals surface area contributed by atoms with Crippen LogP contribution in [0.3, 0.4) is 0 Å². The van der Waals surface area contributed by atoms with E-state index >= 15 is 0 Å². The first-order chi connectivity index (χ1) is 13.0. The molecule has 0 saturated carbocycles. The topological polar surface area (TPSA) is 76.1 Å². The highest BCUT2D eigenvalue weighted by molar-refractivity contribution is 6.32. The summed E-state index contributed by atoms with van der Waals surface area (Å²) in [5, 5.41) is 9.26.